The van der Waals surface area contributed by atoms with E-state index in [2.05, 4.69) is 29.4 Å². The molecule has 1 N–H and O–H groups in total. The SMILES string of the molecule is CC(C)C(Cn1nccn1)NC(=O)c1ccc(Cl)s1. The van der Waals surface area contributed by atoms with Gasteiger partial charge in [-0.1, -0.05) is 25.4 Å². The molecule has 0 saturated carbocycles. The molecule has 2 aromatic heterocycles. The highest BCUT2D eigenvalue weighted by Gasteiger charge is 2.19. The molecule has 1 amide bonds. The van der Waals surface area contributed by atoms with Crippen LogP contribution in [0.3, 0.4) is 0 Å². The molecular weight excluding hydrogens is 284 g/mol. The number of hydrogen-bond donors (Lipinski definition) is 1. The first-order chi connectivity index (χ1) is 9.06. The standard InChI is InChI=1S/C12H15ClN4OS/c1-8(2)9(7-17-14-5-6-15-17)16-12(18)10-3-4-11(13)19-10/h3-6,8-9H,7H2,1-2H3,(H,16,18). The highest BCUT2D eigenvalue weighted by Crippen LogP contribution is 2.21. The van der Waals surface area contributed by atoms with Crippen LogP contribution in [-0.4, -0.2) is 26.9 Å². The molecule has 0 saturated heterocycles. The number of nitrogens with zero attached hydrogens (tertiary/aromatic N) is 3. The molecule has 2 heterocycles. The minimum absolute atomic E-state index is 0.0271. The lowest BCUT2D eigenvalue weighted by Gasteiger charge is -2.21. The maximum atomic E-state index is 12.1. The second-order valence-corrected chi connectivity index (χ2v) is 6.23. The Bertz CT molecular complexity index is 538. The Morgan fingerprint density at radius 2 is 2.11 bits per heavy atom. The van der Waals surface area contributed by atoms with Crippen LogP contribution in [0.5, 0.6) is 0 Å². The number of amides is 1. The van der Waals surface area contributed by atoms with E-state index in [-0.39, 0.29) is 17.9 Å². The summed E-state index contributed by atoms with van der Waals surface area (Å²) in [6.45, 7) is 4.65. The van der Waals surface area contributed by atoms with Gasteiger partial charge in [-0.2, -0.15) is 15.0 Å². The van der Waals surface area contributed by atoms with Gasteiger partial charge in [0, 0.05) is 0 Å². The summed E-state index contributed by atoms with van der Waals surface area (Å²) in [5.41, 5.74) is 0. The Morgan fingerprint density at radius 1 is 1.42 bits per heavy atom. The smallest absolute Gasteiger partial charge is 0.261 e. The topological polar surface area (TPSA) is 59.8 Å². The molecule has 2 aromatic rings. The summed E-state index contributed by atoms with van der Waals surface area (Å²) in [5.74, 6) is 0.174. The van der Waals surface area contributed by atoms with Crippen molar-refractivity contribution in [3.8, 4) is 0 Å². The highest BCUT2D eigenvalue weighted by atomic mass is 35.5. The molecule has 7 heteroatoms. The molecule has 0 bridgehead atoms. The van der Waals surface area contributed by atoms with Crippen molar-refractivity contribution < 1.29 is 4.79 Å². The van der Waals surface area contributed by atoms with Crippen molar-refractivity contribution in [2.75, 3.05) is 0 Å². The lowest BCUT2D eigenvalue weighted by Crippen LogP contribution is -2.41. The van der Waals surface area contributed by atoms with Gasteiger partial charge < -0.3 is 5.32 Å². The minimum Gasteiger partial charge on any atom is -0.346 e. The van der Waals surface area contributed by atoms with Gasteiger partial charge in [-0.3, -0.25) is 4.79 Å². The van der Waals surface area contributed by atoms with Crippen molar-refractivity contribution in [1.82, 2.24) is 20.3 Å². The molecule has 0 aliphatic carbocycles. The second kappa shape index (κ2) is 6.16. The second-order valence-electron chi connectivity index (χ2n) is 4.51. The first kappa shape index (κ1) is 14.0. The van der Waals surface area contributed by atoms with Crippen LogP contribution in [0.4, 0.5) is 0 Å². The average molecular weight is 299 g/mol. The number of nitrogens with one attached hydrogen (secondary N) is 1. The van der Waals surface area contributed by atoms with Crippen LogP contribution >= 0.6 is 22.9 Å². The van der Waals surface area contributed by atoms with E-state index >= 15 is 0 Å². The summed E-state index contributed by atoms with van der Waals surface area (Å²) in [5, 5.41) is 11.1. The third kappa shape index (κ3) is 3.78. The predicted octanol–water partition coefficient (Wildman–Crippen LogP) is 2.45. The van der Waals surface area contributed by atoms with E-state index in [1.54, 1.807) is 29.3 Å². The zero-order chi connectivity index (χ0) is 13.8. The van der Waals surface area contributed by atoms with Gasteiger partial charge in [-0.25, -0.2) is 0 Å². The fourth-order valence-electron chi connectivity index (χ4n) is 1.61. The third-order valence-corrected chi connectivity index (χ3v) is 3.97. The van der Waals surface area contributed by atoms with Crippen molar-refractivity contribution in [3.63, 3.8) is 0 Å². The Labute approximate surface area is 120 Å². The van der Waals surface area contributed by atoms with E-state index in [0.29, 0.717) is 15.8 Å². The maximum absolute atomic E-state index is 12.1. The van der Waals surface area contributed by atoms with E-state index in [1.165, 1.54) is 11.3 Å². The first-order valence-corrected chi connectivity index (χ1v) is 7.16. The maximum Gasteiger partial charge on any atom is 0.261 e. The summed E-state index contributed by atoms with van der Waals surface area (Å²) in [4.78, 5) is 14.3. The lowest BCUT2D eigenvalue weighted by atomic mass is 10.0. The number of aromatic nitrogens is 3. The van der Waals surface area contributed by atoms with E-state index in [0.717, 1.165) is 0 Å². The molecule has 5 nitrogen and oxygen atoms in total. The molecule has 0 spiro atoms. The Hall–Kier alpha value is -1.40. The molecule has 0 aliphatic heterocycles. The average Bonchev–Trinajstić information content (AvgIpc) is 2.99. The first-order valence-electron chi connectivity index (χ1n) is 5.96. The third-order valence-electron chi connectivity index (χ3n) is 2.74. The molecule has 0 radical (unpaired) electrons. The summed E-state index contributed by atoms with van der Waals surface area (Å²) in [6, 6.07) is 3.42. The molecule has 102 valence electrons. The number of carbonyl (C=O) groups excluding carboxylic acids is 1. The summed E-state index contributed by atoms with van der Waals surface area (Å²) >= 11 is 7.11. The zero-order valence-corrected chi connectivity index (χ0v) is 12.3. The van der Waals surface area contributed by atoms with Gasteiger partial charge >= 0.3 is 0 Å². The Kier molecular flexibility index (Phi) is 4.55. The van der Waals surface area contributed by atoms with Gasteiger partial charge in [0.2, 0.25) is 0 Å². The van der Waals surface area contributed by atoms with Crippen LogP contribution in [-0.2, 0) is 6.54 Å². The molecule has 19 heavy (non-hydrogen) atoms. The van der Waals surface area contributed by atoms with Crippen LogP contribution in [0.1, 0.15) is 23.5 Å². The van der Waals surface area contributed by atoms with Gasteiger partial charge in [0.25, 0.3) is 5.91 Å². The quantitative estimate of drug-likeness (QED) is 0.922. The number of rotatable bonds is 5. The van der Waals surface area contributed by atoms with Gasteiger partial charge in [-0.05, 0) is 18.1 Å². The van der Waals surface area contributed by atoms with Gasteiger partial charge in [-0.15, -0.1) is 11.3 Å². The largest absolute Gasteiger partial charge is 0.346 e. The van der Waals surface area contributed by atoms with Crippen molar-refractivity contribution in [3.05, 3.63) is 33.7 Å². The highest BCUT2D eigenvalue weighted by molar-refractivity contribution is 7.17. The molecule has 1 unspecified atom stereocenters. The summed E-state index contributed by atoms with van der Waals surface area (Å²) < 4.78 is 0.611. The van der Waals surface area contributed by atoms with E-state index in [1.807, 2.05) is 0 Å². The monoisotopic (exact) mass is 298 g/mol. The number of halogens is 1. The number of carbonyl (C=O) groups is 1. The normalized spacial score (nSPS) is 12.6. The van der Waals surface area contributed by atoms with E-state index < -0.39 is 0 Å². The molecule has 0 fully saturated rings. The summed E-state index contributed by atoms with van der Waals surface area (Å²) in [7, 11) is 0. The lowest BCUT2D eigenvalue weighted by molar-refractivity contribution is 0.0922. The molecule has 2 rings (SSSR count). The fourth-order valence-corrected chi connectivity index (χ4v) is 2.56. The van der Waals surface area contributed by atoms with Gasteiger partial charge in [0.05, 0.1) is 34.2 Å². The zero-order valence-electron chi connectivity index (χ0n) is 10.7. The van der Waals surface area contributed by atoms with Crippen LogP contribution in [0.2, 0.25) is 4.34 Å². The van der Waals surface area contributed by atoms with Crippen molar-refractivity contribution in [1.29, 1.82) is 0 Å². The van der Waals surface area contributed by atoms with Gasteiger partial charge in [0.1, 0.15) is 0 Å². The van der Waals surface area contributed by atoms with Crippen LogP contribution in [0, 0.1) is 5.92 Å². The van der Waals surface area contributed by atoms with Crippen LogP contribution in [0.25, 0.3) is 0 Å². The fraction of sp³-hybridized carbons (Fsp3) is 0.417. The van der Waals surface area contributed by atoms with Gasteiger partial charge in [0.15, 0.2) is 0 Å². The van der Waals surface area contributed by atoms with E-state index in [9.17, 15) is 4.79 Å². The Balaban J connectivity index is 2.02. The molecular formula is C12H15ClN4OS. The minimum atomic E-state index is -0.109. The predicted molar refractivity (Wildman–Crippen MR) is 75.4 cm³/mol. The molecule has 0 aliphatic rings. The molecule has 1 atom stereocenters. The van der Waals surface area contributed by atoms with Crippen molar-refractivity contribution in [2.45, 2.75) is 26.4 Å². The molecule has 0 aromatic carbocycles. The number of hydrogen-bond acceptors (Lipinski definition) is 4. The van der Waals surface area contributed by atoms with Crippen molar-refractivity contribution >= 4 is 28.8 Å². The van der Waals surface area contributed by atoms with Crippen molar-refractivity contribution in [2.24, 2.45) is 5.92 Å². The summed E-state index contributed by atoms with van der Waals surface area (Å²) in [6.07, 6.45) is 3.25. The van der Waals surface area contributed by atoms with Crippen LogP contribution < -0.4 is 5.32 Å². The Morgan fingerprint density at radius 3 is 2.63 bits per heavy atom. The van der Waals surface area contributed by atoms with E-state index in [4.69, 9.17) is 11.6 Å². The van der Waals surface area contributed by atoms with Crippen LogP contribution in [0.15, 0.2) is 24.5 Å². The number of thiophene rings is 1.